The van der Waals surface area contributed by atoms with E-state index in [4.69, 9.17) is 0 Å². The van der Waals surface area contributed by atoms with Crippen LogP contribution in [0.1, 0.15) is 47.0 Å². The summed E-state index contributed by atoms with van der Waals surface area (Å²) in [5.41, 5.74) is 0.362. The van der Waals surface area contributed by atoms with Gasteiger partial charge in [-0.1, -0.05) is 32.8 Å². The van der Waals surface area contributed by atoms with Crippen molar-refractivity contribution in [2.75, 3.05) is 0 Å². The van der Waals surface area contributed by atoms with E-state index >= 15 is 0 Å². The summed E-state index contributed by atoms with van der Waals surface area (Å²) < 4.78 is 25.2. The summed E-state index contributed by atoms with van der Waals surface area (Å²) in [5, 5.41) is 2.72. The van der Waals surface area contributed by atoms with Crippen molar-refractivity contribution in [1.29, 1.82) is 0 Å². The van der Waals surface area contributed by atoms with Gasteiger partial charge in [-0.3, -0.25) is 9.59 Å². The van der Waals surface area contributed by atoms with Crippen molar-refractivity contribution in [1.82, 2.24) is 5.32 Å². The third-order valence-electron chi connectivity index (χ3n) is 3.52. The smallest absolute Gasteiger partial charge is 0.168 e. The van der Waals surface area contributed by atoms with E-state index in [-0.39, 0.29) is 29.4 Å². The SMILES string of the molecule is C\C=C(/C=C(F)\C=C\F)N/C=C(/C(C)=O)C(=O)CC(CC)CC. The van der Waals surface area contributed by atoms with Gasteiger partial charge >= 0.3 is 0 Å². The van der Waals surface area contributed by atoms with Crippen molar-refractivity contribution in [3.05, 3.63) is 47.9 Å². The van der Waals surface area contributed by atoms with E-state index in [2.05, 4.69) is 5.32 Å². The van der Waals surface area contributed by atoms with Gasteiger partial charge in [0.25, 0.3) is 0 Å². The van der Waals surface area contributed by atoms with Crippen LogP contribution in [0.5, 0.6) is 0 Å². The summed E-state index contributed by atoms with van der Waals surface area (Å²) in [6.07, 6.45) is 6.69. The Balaban J connectivity index is 5.17. The normalized spacial score (nSPS) is 13.8. The van der Waals surface area contributed by atoms with Crippen LogP contribution in [-0.2, 0) is 9.59 Å². The molecular formula is C18H25F2NO2. The largest absolute Gasteiger partial charge is 0.361 e. The van der Waals surface area contributed by atoms with Crippen LogP contribution in [0.4, 0.5) is 8.78 Å². The van der Waals surface area contributed by atoms with Crippen molar-refractivity contribution >= 4 is 11.6 Å². The molecule has 0 rings (SSSR count). The fourth-order valence-corrected chi connectivity index (χ4v) is 1.95. The second-order valence-electron chi connectivity index (χ2n) is 5.13. The maximum atomic E-state index is 13.2. The summed E-state index contributed by atoms with van der Waals surface area (Å²) >= 11 is 0. The highest BCUT2D eigenvalue weighted by atomic mass is 19.1. The van der Waals surface area contributed by atoms with Gasteiger partial charge in [0.1, 0.15) is 5.83 Å². The molecule has 0 spiro atoms. The lowest BCUT2D eigenvalue weighted by molar-refractivity contribution is -0.121. The molecule has 0 aliphatic heterocycles. The Kier molecular flexibility index (Phi) is 10.5. The Bertz CT molecular complexity index is 527. The van der Waals surface area contributed by atoms with Crippen molar-refractivity contribution in [3.63, 3.8) is 0 Å². The van der Waals surface area contributed by atoms with Crippen molar-refractivity contribution in [3.8, 4) is 0 Å². The number of carbonyl (C=O) groups is 2. The van der Waals surface area contributed by atoms with Crippen molar-refractivity contribution < 1.29 is 18.4 Å². The van der Waals surface area contributed by atoms with Gasteiger partial charge in [-0.15, -0.1) is 0 Å². The van der Waals surface area contributed by atoms with E-state index in [1.54, 1.807) is 13.0 Å². The Morgan fingerprint density at radius 2 is 1.83 bits per heavy atom. The molecule has 0 aliphatic carbocycles. The van der Waals surface area contributed by atoms with Crippen LogP contribution in [0.25, 0.3) is 0 Å². The number of carbonyl (C=O) groups excluding carboxylic acids is 2. The highest BCUT2D eigenvalue weighted by Gasteiger charge is 2.18. The zero-order valence-electron chi connectivity index (χ0n) is 14.2. The summed E-state index contributed by atoms with van der Waals surface area (Å²) in [7, 11) is 0. The van der Waals surface area contributed by atoms with Gasteiger partial charge in [0.2, 0.25) is 0 Å². The van der Waals surface area contributed by atoms with Crippen LogP contribution in [-0.4, -0.2) is 11.6 Å². The Morgan fingerprint density at radius 1 is 1.22 bits per heavy atom. The first-order chi connectivity index (χ1) is 10.9. The second kappa shape index (κ2) is 11.5. The molecule has 0 saturated heterocycles. The minimum atomic E-state index is -0.783. The third-order valence-corrected chi connectivity index (χ3v) is 3.52. The number of allylic oxidation sites excluding steroid dienone is 5. The first kappa shape index (κ1) is 21.0. The van der Waals surface area contributed by atoms with Crippen molar-refractivity contribution in [2.24, 2.45) is 5.92 Å². The van der Waals surface area contributed by atoms with Crippen LogP contribution in [0.3, 0.4) is 0 Å². The number of Topliss-reactive ketones (excluding diaryl/α,β-unsaturated/α-hetero) is 2. The highest BCUT2D eigenvalue weighted by Crippen LogP contribution is 2.16. The van der Waals surface area contributed by atoms with Crippen LogP contribution in [0, 0.1) is 5.92 Å². The molecule has 5 heteroatoms. The second-order valence-corrected chi connectivity index (χ2v) is 5.13. The van der Waals surface area contributed by atoms with E-state index in [0.29, 0.717) is 18.2 Å². The van der Waals surface area contributed by atoms with Gasteiger partial charge in [0.05, 0.1) is 11.9 Å². The Hall–Kier alpha value is -2.04. The predicted molar refractivity (Wildman–Crippen MR) is 88.8 cm³/mol. The molecule has 0 atom stereocenters. The van der Waals surface area contributed by atoms with Gasteiger partial charge in [0.15, 0.2) is 11.6 Å². The summed E-state index contributed by atoms with van der Waals surface area (Å²) in [6.45, 7) is 6.97. The van der Waals surface area contributed by atoms with E-state index < -0.39 is 5.83 Å². The zero-order chi connectivity index (χ0) is 17.8. The van der Waals surface area contributed by atoms with E-state index in [1.165, 1.54) is 13.1 Å². The van der Waals surface area contributed by atoms with Gasteiger partial charge in [0, 0.05) is 24.4 Å². The average molecular weight is 325 g/mol. The number of nitrogens with one attached hydrogen (secondary N) is 1. The highest BCUT2D eigenvalue weighted by molar-refractivity contribution is 6.19. The molecule has 3 nitrogen and oxygen atoms in total. The molecule has 0 aromatic carbocycles. The number of hydrogen-bond donors (Lipinski definition) is 1. The van der Waals surface area contributed by atoms with Gasteiger partial charge < -0.3 is 5.32 Å². The van der Waals surface area contributed by atoms with Crippen molar-refractivity contribution in [2.45, 2.75) is 47.0 Å². The summed E-state index contributed by atoms with van der Waals surface area (Å²) in [5.74, 6) is -1.13. The molecule has 23 heavy (non-hydrogen) atoms. The third kappa shape index (κ3) is 8.24. The molecule has 0 saturated carbocycles. The molecule has 1 N–H and O–H groups in total. The molecule has 0 amide bonds. The van der Waals surface area contributed by atoms with Gasteiger partial charge in [-0.05, 0) is 25.8 Å². The molecule has 0 radical (unpaired) electrons. The van der Waals surface area contributed by atoms with Crippen LogP contribution in [0.2, 0.25) is 0 Å². The van der Waals surface area contributed by atoms with Gasteiger partial charge in [-0.2, -0.15) is 0 Å². The Morgan fingerprint density at radius 3 is 2.26 bits per heavy atom. The Labute approximate surface area is 136 Å². The average Bonchev–Trinajstić information content (AvgIpc) is 2.51. The summed E-state index contributed by atoms with van der Waals surface area (Å²) in [4.78, 5) is 23.9. The fraction of sp³-hybridized carbons (Fsp3) is 0.444. The molecule has 0 aromatic heterocycles. The van der Waals surface area contributed by atoms with Crippen LogP contribution < -0.4 is 5.32 Å². The first-order valence-corrected chi connectivity index (χ1v) is 7.70. The lowest BCUT2D eigenvalue weighted by atomic mass is 9.93. The maximum absolute atomic E-state index is 13.2. The zero-order valence-corrected chi connectivity index (χ0v) is 14.2. The first-order valence-electron chi connectivity index (χ1n) is 7.70. The number of ketones is 2. The number of halogens is 2. The standard InChI is InChI=1S/C18H25F2NO2/c1-5-14(6-2)10-18(23)17(13(4)22)12-21-16(7-3)11-15(20)8-9-19/h7-9,11-12,14,21H,5-6,10H2,1-4H3/b9-8+,15-11+,16-7+,17-12-. The molecule has 0 bridgehead atoms. The number of hydrogen-bond acceptors (Lipinski definition) is 3. The minimum Gasteiger partial charge on any atom is -0.361 e. The number of rotatable bonds is 10. The lowest BCUT2D eigenvalue weighted by Gasteiger charge is -2.12. The maximum Gasteiger partial charge on any atom is 0.168 e. The molecule has 0 aliphatic rings. The van der Waals surface area contributed by atoms with E-state index in [9.17, 15) is 18.4 Å². The molecule has 0 aromatic rings. The lowest BCUT2D eigenvalue weighted by Crippen LogP contribution is -2.17. The summed E-state index contributed by atoms with van der Waals surface area (Å²) in [6, 6.07) is 0. The molecular weight excluding hydrogens is 300 g/mol. The topological polar surface area (TPSA) is 46.2 Å². The molecule has 0 heterocycles. The fourth-order valence-electron chi connectivity index (χ4n) is 1.95. The van der Waals surface area contributed by atoms with Crippen LogP contribution in [0.15, 0.2) is 47.9 Å². The van der Waals surface area contributed by atoms with Crippen LogP contribution >= 0.6 is 0 Å². The predicted octanol–water partition coefficient (Wildman–Crippen LogP) is 4.68. The monoisotopic (exact) mass is 325 g/mol. The molecule has 0 fully saturated rings. The van der Waals surface area contributed by atoms with E-state index in [0.717, 1.165) is 18.9 Å². The quantitative estimate of drug-likeness (QED) is 0.274. The molecule has 0 unspecified atom stereocenters. The molecule has 128 valence electrons. The van der Waals surface area contributed by atoms with E-state index in [1.807, 2.05) is 13.8 Å². The minimum absolute atomic E-state index is 0.0473. The van der Waals surface area contributed by atoms with Gasteiger partial charge in [-0.25, -0.2) is 8.78 Å².